The molecule has 0 bridgehead atoms. The normalized spacial score (nSPS) is 18.5. The first kappa shape index (κ1) is 14.9. The Labute approximate surface area is 129 Å². The molecule has 0 aliphatic carbocycles. The molecule has 3 rings (SSSR count). The monoisotopic (exact) mass is 302 g/mol. The Kier molecular flexibility index (Phi) is 4.06. The van der Waals surface area contributed by atoms with Crippen molar-refractivity contribution in [3.8, 4) is 0 Å². The number of aromatic nitrogens is 4. The first-order chi connectivity index (χ1) is 10.6. The first-order valence-corrected chi connectivity index (χ1v) is 7.78. The molecule has 1 amide bonds. The summed E-state index contributed by atoms with van der Waals surface area (Å²) in [6.07, 6.45) is 4.28. The summed E-state index contributed by atoms with van der Waals surface area (Å²) in [5.41, 5.74) is 8.20. The zero-order valence-corrected chi connectivity index (χ0v) is 13.1. The Morgan fingerprint density at radius 3 is 2.91 bits per heavy atom. The van der Waals surface area contributed by atoms with Gasteiger partial charge in [0.2, 0.25) is 5.91 Å². The number of nitrogens with two attached hydrogens (primary N) is 1. The van der Waals surface area contributed by atoms with E-state index in [4.69, 9.17) is 5.73 Å². The summed E-state index contributed by atoms with van der Waals surface area (Å²) in [6, 6.07) is 0. The summed E-state index contributed by atoms with van der Waals surface area (Å²) < 4.78 is 1.82. The van der Waals surface area contributed by atoms with Crippen LogP contribution < -0.4 is 5.73 Å². The Hall–Kier alpha value is -2.02. The number of amides is 1. The van der Waals surface area contributed by atoms with Gasteiger partial charge in [0, 0.05) is 43.9 Å². The van der Waals surface area contributed by atoms with E-state index in [1.807, 2.05) is 23.4 Å². The van der Waals surface area contributed by atoms with E-state index in [2.05, 4.69) is 15.1 Å². The molecule has 1 fully saturated rings. The lowest BCUT2D eigenvalue weighted by Crippen LogP contribution is -2.32. The van der Waals surface area contributed by atoms with Gasteiger partial charge in [-0.25, -0.2) is 14.6 Å². The predicted molar refractivity (Wildman–Crippen MR) is 83.2 cm³/mol. The molecule has 22 heavy (non-hydrogen) atoms. The minimum Gasteiger partial charge on any atom is -0.342 e. The maximum atomic E-state index is 12.1. The van der Waals surface area contributed by atoms with Crippen molar-refractivity contribution >= 4 is 17.1 Å². The van der Waals surface area contributed by atoms with Crippen molar-refractivity contribution in [1.82, 2.24) is 24.6 Å². The van der Waals surface area contributed by atoms with Gasteiger partial charge in [0.25, 0.3) is 0 Å². The maximum absolute atomic E-state index is 12.1. The van der Waals surface area contributed by atoms with Crippen LogP contribution in [0, 0.1) is 5.92 Å². The molecule has 0 spiro atoms. The lowest BCUT2D eigenvalue weighted by molar-refractivity contribution is -0.133. The third kappa shape index (κ3) is 2.56. The zero-order chi connectivity index (χ0) is 15.7. The van der Waals surface area contributed by atoms with Crippen molar-refractivity contribution in [2.24, 2.45) is 11.7 Å². The molecular formula is C15H22N6O. The largest absolute Gasteiger partial charge is 0.342 e. The number of fused-ring (bicyclic) bond motifs is 1. The molecule has 7 heteroatoms. The topological polar surface area (TPSA) is 89.9 Å². The zero-order valence-electron chi connectivity index (χ0n) is 13.1. The second kappa shape index (κ2) is 6.00. The van der Waals surface area contributed by atoms with Crippen molar-refractivity contribution < 1.29 is 4.79 Å². The maximum Gasteiger partial charge on any atom is 0.225 e. The summed E-state index contributed by atoms with van der Waals surface area (Å²) in [7, 11) is 0. The molecule has 0 radical (unpaired) electrons. The number of hydrogen-bond donors (Lipinski definition) is 1. The van der Waals surface area contributed by atoms with Crippen molar-refractivity contribution in [3.05, 3.63) is 18.1 Å². The van der Waals surface area contributed by atoms with E-state index in [1.54, 1.807) is 12.4 Å². The van der Waals surface area contributed by atoms with Crippen LogP contribution in [-0.2, 0) is 11.3 Å². The second-order valence-corrected chi connectivity index (χ2v) is 6.05. The van der Waals surface area contributed by atoms with Gasteiger partial charge in [-0.2, -0.15) is 5.10 Å². The Balaban J connectivity index is 1.90. The van der Waals surface area contributed by atoms with Crippen molar-refractivity contribution in [2.45, 2.75) is 32.7 Å². The fourth-order valence-electron chi connectivity index (χ4n) is 3.03. The molecule has 1 atom stereocenters. The smallest absolute Gasteiger partial charge is 0.225 e. The van der Waals surface area contributed by atoms with Crippen LogP contribution in [0.3, 0.4) is 0 Å². The van der Waals surface area contributed by atoms with Crippen LogP contribution in [0.1, 0.15) is 31.9 Å². The van der Waals surface area contributed by atoms with Gasteiger partial charge in [0.1, 0.15) is 5.52 Å². The van der Waals surface area contributed by atoms with Crippen molar-refractivity contribution in [2.75, 3.05) is 19.6 Å². The average Bonchev–Trinajstić information content (AvgIpc) is 3.12. The molecule has 1 saturated heterocycles. The highest BCUT2D eigenvalue weighted by Crippen LogP contribution is 2.30. The summed E-state index contributed by atoms with van der Waals surface area (Å²) in [5, 5.41) is 4.67. The van der Waals surface area contributed by atoms with Gasteiger partial charge >= 0.3 is 0 Å². The summed E-state index contributed by atoms with van der Waals surface area (Å²) in [4.78, 5) is 22.9. The fourth-order valence-corrected chi connectivity index (χ4v) is 3.03. The van der Waals surface area contributed by atoms with E-state index < -0.39 is 0 Å². The van der Waals surface area contributed by atoms with Crippen LogP contribution in [0.5, 0.6) is 0 Å². The van der Waals surface area contributed by atoms with E-state index in [-0.39, 0.29) is 17.7 Å². The highest BCUT2D eigenvalue weighted by Gasteiger charge is 2.32. The van der Waals surface area contributed by atoms with Gasteiger partial charge in [-0.05, 0) is 6.42 Å². The molecule has 2 aromatic rings. The molecule has 0 unspecified atom stereocenters. The van der Waals surface area contributed by atoms with Crippen LogP contribution in [0.2, 0.25) is 0 Å². The molecule has 0 aromatic carbocycles. The third-order valence-electron chi connectivity index (χ3n) is 4.12. The molecule has 2 aromatic heterocycles. The van der Waals surface area contributed by atoms with E-state index in [9.17, 15) is 4.79 Å². The molecular weight excluding hydrogens is 280 g/mol. The molecule has 3 heterocycles. The van der Waals surface area contributed by atoms with Gasteiger partial charge in [-0.3, -0.25) is 4.79 Å². The molecule has 118 valence electrons. The van der Waals surface area contributed by atoms with E-state index in [0.29, 0.717) is 19.6 Å². The summed E-state index contributed by atoms with van der Waals surface area (Å²) in [6.45, 7) is 6.50. The van der Waals surface area contributed by atoms with Gasteiger partial charge < -0.3 is 10.6 Å². The Bertz CT molecular complexity index is 680. The van der Waals surface area contributed by atoms with Gasteiger partial charge in [-0.1, -0.05) is 13.8 Å². The number of rotatable bonds is 4. The van der Waals surface area contributed by atoms with Crippen LogP contribution in [-0.4, -0.2) is 50.2 Å². The molecule has 1 aliphatic heterocycles. The lowest BCUT2D eigenvalue weighted by atomic mass is 10.0. The van der Waals surface area contributed by atoms with Crippen LogP contribution in [0.4, 0.5) is 0 Å². The van der Waals surface area contributed by atoms with E-state index in [1.165, 1.54) is 0 Å². The molecule has 0 saturated carbocycles. The van der Waals surface area contributed by atoms with Crippen LogP contribution in [0.15, 0.2) is 12.4 Å². The number of nitrogens with zero attached hydrogens (tertiary/aromatic N) is 5. The number of likely N-dealkylation sites (tertiary alicyclic amines) is 1. The highest BCUT2D eigenvalue weighted by molar-refractivity contribution is 5.79. The molecule has 1 aliphatic rings. The van der Waals surface area contributed by atoms with Crippen LogP contribution >= 0.6 is 0 Å². The summed E-state index contributed by atoms with van der Waals surface area (Å²) in [5.74, 6) is 0.463. The molecule has 7 nitrogen and oxygen atoms in total. The van der Waals surface area contributed by atoms with Crippen LogP contribution in [0.25, 0.3) is 11.2 Å². The SMILES string of the molecule is CC(C)C(=O)N1CC[C@H](c2nn(CCN)c3nccnc23)C1. The molecule has 2 N–H and O–H groups in total. The minimum atomic E-state index is 0.0325. The average molecular weight is 302 g/mol. The lowest BCUT2D eigenvalue weighted by Gasteiger charge is -2.18. The number of hydrogen-bond acceptors (Lipinski definition) is 5. The van der Waals surface area contributed by atoms with Gasteiger partial charge in [-0.15, -0.1) is 0 Å². The number of carbonyl (C=O) groups excluding carboxylic acids is 1. The van der Waals surface area contributed by atoms with Crippen molar-refractivity contribution in [1.29, 1.82) is 0 Å². The standard InChI is InChI=1S/C15H22N6O/c1-10(2)15(22)20-7-3-11(9-20)12-13-14(18-6-5-17-13)21(19-12)8-4-16/h5-6,10-11H,3-4,7-9,16H2,1-2H3/t11-/m0/s1. The van der Waals surface area contributed by atoms with Gasteiger partial charge in [0.05, 0.1) is 12.2 Å². The minimum absolute atomic E-state index is 0.0325. The Morgan fingerprint density at radius 1 is 1.41 bits per heavy atom. The number of carbonyl (C=O) groups is 1. The quantitative estimate of drug-likeness (QED) is 0.900. The summed E-state index contributed by atoms with van der Waals surface area (Å²) >= 11 is 0. The van der Waals surface area contributed by atoms with Gasteiger partial charge in [0.15, 0.2) is 5.65 Å². The second-order valence-electron chi connectivity index (χ2n) is 6.05. The van der Waals surface area contributed by atoms with E-state index in [0.717, 1.165) is 29.8 Å². The fraction of sp³-hybridized carbons (Fsp3) is 0.600. The first-order valence-electron chi connectivity index (χ1n) is 7.78. The third-order valence-corrected chi connectivity index (χ3v) is 4.12. The highest BCUT2D eigenvalue weighted by atomic mass is 16.2. The Morgan fingerprint density at radius 2 is 2.18 bits per heavy atom. The predicted octanol–water partition coefficient (Wildman–Crippen LogP) is 0.757. The van der Waals surface area contributed by atoms with Crippen molar-refractivity contribution in [3.63, 3.8) is 0 Å². The van der Waals surface area contributed by atoms with E-state index >= 15 is 0 Å².